The molecule has 0 aliphatic carbocycles. The minimum atomic E-state index is 1.05. The average molecular weight is 565 g/mol. The van der Waals surface area contributed by atoms with E-state index in [9.17, 15) is 0 Å². The molecule has 0 spiro atoms. The number of hydrogen-bond acceptors (Lipinski definition) is 2. The van der Waals surface area contributed by atoms with E-state index in [-0.39, 0.29) is 0 Å². The Bertz CT molecular complexity index is 1960. The van der Waals surface area contributed by atoms with Crippen molar-refractivity contribution in [2.45, 2.75) is 0 Å². The second-order valence-corrected chi connectivity index (χ2v) is 10.8. The van der Waals surface area contributed by atoms with Gasteiger partial charge in [0.05, 0.1) is 0 Å². The van der Waals surface area contributed by atoms with Crippen LogP contribution in [0.3, 0.4) is 0 Å². The molecule has 0 unspecified atom stereocenters. The first kappa shape index (κ1) is 27.0. The fraction of sp³-hybridized carbons (Fsp3) is 0. The van der Waals surface area contributed by atoms with Gasteiger partial charge in [0.15, 0.2) is 0 Å². The molecule has 7 aromatic rings. The standard InChI is InChI=1S/C42H32N2/c1-3-10-31(11-4-1)33-18-20-34(21-19-33)36-24-28-39(29-25-36)44-42-17-8-7-16-41(42)37-14-9-15-40(30-37)43-38-26-22-35(23-27-38)32-12-5-2-6-13-32/h1-30,43-44H. The van der Waals surface area contributed by atoms with Crippen LogP contribution in [0.15, 0.2) is 182 Å². The Labute approximate surface area is 259 Å². The molecule has 2 nitrogen and oxygen atoms in total. The largest absolute Gasteiger partial charge is 0.356 e. The summed E-state index contributed by atoms with van der Waals surface area (Å²) in [7, 11) is 0. The van der Waals surface area contributed by atoms with Gasteiger partial charge in [0.25, 0.3) is 0 Å². The minimum absolute atomic E-state index is 1.05. The summed E-state index contributed by atoms with van der Waals surface area (Å²) in [5.74, 6) is 0. The van der Waals surface area contributed by atoms with Crippen molar-refractivity contribution in [2.24, 2.45) is 0 Å². The second kappa shape index (κ2) is 12.6. The predicted octanol–water partition coefficient (Wildman–Crippen LogP) is 11.8. The van der Waals surface area contributed by atoms with Gasteiger partial charge in [-0.1, -0.05) is 140 Å². The Morgan fingerprint density at radius 3 is 1.20 bits per heavy atom. The summed E-state index contributed by atoms with van der Waals surface area (Å²) in [6.07, 6.45) is 0. The first-order valence-corrected chi connectivity index (χ1v) is 14.9. The zero-order valence-corrected chi connectivity index (χ0v) is 24.3. The van der Waals surface area contributed by atoms with Gasteiger partial charge in [0.2, 0.25) is 0 Å². The summed E-state index contributed by atoms with van der Waals surface area (Å²) >= 11 is 0. The fourth-order valence-corrected chi connectivity index (χ4v) is 5.54. The topological polar surface area (TPSA) is 24.1 Å². The van der Waals surface area contributed by atoms with Gasteiger partial charge in [-0.3, -0.25) is 0 Å². The molecule has 0 fully saturated rings. The van der Waals surface area contributed by atoms with E-state index < -0.39 is 0 Å². The Morgan fingerprint density at radius 1 is 0.250 bits per heavy atom. The third-order valence-corrected chi connectivity index (χ3v) is 7.87. The van der Waals surface area contributed by atoms with Gasteiger partial charge >= 0.3 is 0 Å². The lowest BCUT2D eigenvalue weighted by molar-refractivity contribution is 1.51. The molecule has 0 radical (unpaired) electrons. The van der Waals surface area contributed by atoms with E-state index in [1.807, 2.05) is 12.1 Å². The first-order valence-electron chi connectivity index (χ1n) is 14.9. The van der Waals surface area contributed by atoms with Gasteiger partial charge in [-0.25, -0.2) is 0 Å². The summed E-state index contributed by atoms with van der Waals surface area (Å²) in [6, 6.07) is 64.0. The van der Waals surface area contributed by atoms with Crippen LogP contribution in [0.4, 0.5) is 22.7 Å². The molecule has 2 heteroatoms. The molecule has 0 bridgehead atoms. The molecule has 2 N–H and O–H groups in total. The summed E-state index contributed by atoms with van der Waals surface area (Å²) in [4.78, 5) is 0. The quantitative estimate of drug-likeness (QED) is 0.192. The van der Waals surface area contributed by atoms with E-state index in [1.54, 1.807) is 0 Å². The SMILES string of the molecule is c1ccc(-c2ccc(Nc3cccc(-c4ccccc4Nc4ccc(-c5ccc(-c6ccccc6)cc5)cc4)c3)cc2)cc1. The number of anilines is 4. The van der Waals surface area contributed by atoms with Crippen LogP contribution in [0.2, 0.25) is 0 Å². The molecule has 0 amide bonds. The smallest absolute Gasteiger partial charge is 0.0463 e. The molecule has 0 atom stereocenters. The summed E-state index contributed by atoms with van der Waals surface area (Å²) in [5.41, 5.74) is 13.8. The van der Waals surface area contributed by atoms with Gasteiger partial charge in [0, 0.05) is 28.3 Å². The predicted molar refractivity (Wildman–Crippen MR) is 188 cm³/mol. The number of hydrogen-bond donors (Lipinski definition) is 2. The Morgan fingerprint density at radius 2 is 0.659 bits per heavy atom. The van der Waals surface area contributed by atoms with Crippen LogP contribution < -0.4 is 10.6 Å². The zero-order valence-electron chi connectivity index (χ0n) is 24.3. The molecule has 210 valence electrons. The van der Waals surface area contributed by atoms with Crippen molar-refractivity contribution in [3.63, 3.8) is 0 Å². The molecular formula is C42H32N2. The highest BCUT2D eigenvalue weighted by atomic mass is 14.9. The molecule has 0 saturated carbocycles. The zero-order chi connectivity index (χ0) is 29.6. The summed E-state index contributed by atoms with van der Waals surface area (Å²) < 4.78 is 0. The van der Waals surface area contributed by atoms with Crippen molar-refractivity contribution in [3.8, 4) is 44.5 Å². The third kappa shape index (κ3) is 6.16. The van der Waals surface area contributed by atoms with Crippen LogP contribution in [0.25, 0.3) is 44.5 Å². The fourth-order valence-electron chi connectivity index (χ4n) is 5.54. The van der Waals surface area contributed by atoms with Crippen molar-refractivity contribution in [1.29, 1.82) is 0 Å². The van der Waals surface area contributed by atoms with Gasteiger partial charge in [0.1, 0.15) is 0 Å². The number of benzene rings is 7. The monoisotopic (exact) mass is 564 g/mol. The van der Waals surface area contributed by atoms with E-state index in [4.69, 9.17) is 0 Å². The van der Waals surface area contributed by atoms with E-state index in [1.165, 1.54) is 33.4 Å². The van der Waals surface area contributed by atoms with E-state index in [0.717, 1.165) is 33.9 Å². The van der Waals surface area contributed by atoms with E-state index in [0.29, 0.717) is 0 Å². The molecule has 0 heterocycles. The molecule has 0 aliphatic heterocycles. The maximum absolute atomic E-state index is 3.65. The van der Waals surface area contributed by atoms with E-state index >= 15 is 0 Å². The summed E-state index contributed by atoms with van der Waals surface area (Å²) in [5, 5.41) is 7.23. The Kier molecular flexibility index (Phi) is 7.71. The molecular weight excluding hydrogens is 532 g/mol. The highest BCUT2D eigenvalue weighted by Gasteiger charge is 2.08. The van der Waals surface area contributed by atoms with Crippen LogP contribution in [-0.2, 0) is 0 Å². The van der Waals surface area contributed by atoms with Crippen LogP contribution in [-0.4, -0.2) is 0 Å². The molecule has 7 rings (SSSR count). The van der Waals surface area contributed by atoms with Gasteiger partial charge in [-0.15, -0.1) is 0 Å². The Hall–Kier alpha value is -5.86. The van der Waals surface area contributed by atoms with Gasteiger partial charge in [-0.2, -0.15) is 0 Å². The van der Waals surface area contributed by atoms with Crippen LogP contribution in [0, 0.1) is 0 Å². The second-order valence-electron chi connectivity index (χ2n) is 10.8. The summed E-state index contributed by atoms with van der Waals surface area (Å²) in [6.45, 7) is 0. The molecule has 7 aromatic carbocycles. The van der Waals surface area contributed by atoms with E-state index in [2.05, 4.69) is 180 Å². The van der Waals surface area contributed by atoms with Crippen molar-refractivity contribution in [1.82, 2.24) is 0 Å². The minimum Gasteiger partial charge on any atom is -0.356 e. The van der Waals surface area contributed by atoms with Gasteiger partial charge < -0.3 is 10.6 Å². The third-order valence-electron chi connectivity index (χ3n) is 7.87. The lowest BCUT2D eigenvalue weighted by Crippen LogP contribution is -1.94. The lowest BCUT2D eigenvalue weighted by atomic mass is 10.00. The average Bonchev–Trinajstić information content (AvgIpc) is 3.10. The normalized spacial score (nSPS) is 10.7. The maximum atomic E-state index is 3.65. The molecule has 0 saturated heterocycles. The molecule has 44 heavy (non-hydrogen) atoms. The van der Waals surface area contributed by atoms with Crippen molar-refractivity contribution in [2.75, 3.05) is 10.6 Å². The van der Waals surface area contributed by atoms with Crippen molar-refractivity contribution in [3.05, 3.63) is 182 Å². The lowest BCUT2D eigenvalue weighted by Gasteiger charge is -2.14. The van der Waals surface area contributed by atoms with Gasteiger partial charge in [-0.05, 0) is 81.4 Å². The number of nitrogens with one attached hydrogen (secondary N) is 2. The van der Waals surface area contributed by atoms with Crippen LogP contribution in [0.5, 0.6) is 0 Å². The van der Waals surface area contributed by atoms with Crippen LogP contribution >= 0.6 is 0 Å². The first-order chi connectivity index (χ1) is 21.8. The Balaban J connectivity index is 1.06. The molecule has 0 aliphatic rings. The van der Waals surface area contributed by atoms with Crippen LogP contribution in [0.1, 0.15) is 0 Å². The number of para-hydroxylation sites is 1. The van der Waals surface area contributed by atoms with Crippen molar-refractivity contribution < 1.29 is 0 Å². The highest BCUT2D eigenvalue weighted by molar-refractivity contribution is 5.83. The van der Waals surface area contributed by atoms with Crippen molar-refractivity contribution >= 4 is 22.7 Å². The molecule has 0 aromatic heterocycles. The highest BCUT2D eigenvalue weighted by Crippen LogP contribution is 2.33. The number of rotatable bonds is 8. The maximum Gasteiger partial charge on any atom is 0.0463 e.